The molecule has 0 aliphatic heterocycles. The Hall–Kier alpha value is -2.22. The molecule has 2 aromatic carbocycles. The second-order valence-corrected chi connectivity index (χ2v) is 6.89. The van der Waals surface area contributed by atoms with Crippen LogP contribution in [0.25, 0.3) is 0 Å². The maximum atomic E-state index is 12.5. The van der Waals surface area contributed by atoms with Gasteiger partial charge >= 0.3 is 0 Å². The number of nitrogens with one attached hydrogen (secondary N) is 2. The first-order valence-electron chi connectivity index (χ1n) is 8.63. The number of anilines is 1. The number of carbonyl (C=O) groups excluding carboxylic acids is 2. The average Bonchev–Trinajstić information content (AvgIpc) is 2.67. The highest BCUT2D eigenvalue weighted by Crippen LogP contribution is 2.20. The monoisotopic (exact) mass is 433 g/mol. The van der Waals surface area contributed by atoms with E-state index < -0.39 is 0 Å². The minimum atomic E-state index is -0.276. The largest absolute Gasteiger partial charge is 0.383 e. The Bertz CT molecular complexity index is 783. The zero-order valence-corrected chi connectivity index (χ0v) is 17.1. The highest BCUT2D eigenvalue weighted by molar-refractivity contribution is 9.10. The highest BCUT2D eigenvalue weighted by Gasteiger charge is 2.15. The second-order valence-electron chi connectivity index (χ2n) is 6.03. The molecule has 0 bridgehead atoms. The molecule has 0 aromatic heterocycles. The normalized spacial score (nSPS) is 10.7. The smallest absolute Gasteiger partial charge is 0.256 e. The van der Waals surface area contributed by atoms with Crippen LogP contribution in [0.4, 0.5) is 5.69 Å². The van der Waals surface area contributed by atoms with Crippen LogP contribution in [-0.4, -0.2) is 57.1 Å². The van der Waals surface area contributed by atoms with Gasteiger partial charge in [-0.25, -0.2) is 0 Å². The van der Waals surface area contributed by atoms with E-state index in [-0.39, 0.29) is 11.8 Å². The molecule has 7 heteroatoms. The maximum absolute atomic E-state index is 12.5. The van der Waals surface area contributed by atoms with Gasteiger partial charge in [-0.1, -0.05) is 24.3 Å². The van der Waals surface area contributed by atoms with Crippen molar-refractivity contribution in [1.82, 2.24) is 10.2 Å². The van der Waals surface area contributed by atoms with Gasteiger partial charge in [-0.2, -0.15) is 0 Å². The molecule has 0 aliphatic carbocycles. The van der Waals surface area contributed by atoms with E-state index in [0.717, 1.165) is 6.54 Å². The molecule has 6 nitrogen and oxygen atoms in total. The second kappa shape index (κ2) is 10.8. The molecule has 0 fully saturated rings. The SMILES string of the molecule is COCCN(C)CCNC(=O)c1ccccc1NC(=O)c1ccccc1Br. The predicted molar refractivity (Wildman–Crippen MR) is 110 cm³/mol. The van der Waals surface area contributed by atoms with Crippen LogP contribution < -0.4 is 10.6 Å². The van der Waals surface area contributed by atoms with Crippen LogP contribution >= 0.6 is 15.9 Å². The lowest BCUT2D eigenvalue weighted by Crippen LogP contribution is -2.34. The zero-order chi connectivity index (χ0) is 19.6. The number of methoxy groups -OCH3 is 1. The molecular formula is C20H24BrN3O3. The highest BCUT2D eigenvalue weighted by atomic mass is 79.9. The Labute approximate surface area is 168 Å². The molecule has 27 heavy (non-hydrogen) atoms. The molecule has 0 spiro atoms. The number of nitrogens with zero attached hydrogens (tertiary/aromatic N) is 1. The Morgan fingerprint density at radius 1 is 1.00 bits per heavy atom. The van der Waals surface area contributed by atoms with Crippen molar-refractivity contribution in [2.75, 3.05) is 45.7 Å². The maximum Gasteiger partial charge on any atom is 0.256 e. The molecule has 144 valence electrons. The lowest BCUT2D eigenvalue weighted by Gasteiger charge is -2.17. The van der Waals surface area contributed by atoms with Crippen molar-refractivity contribution in [1.29, 1.82) is 0 Å². The fraction of sp³-hybridized carbons (Fsp3) is 0.300. The Morgan fingerprint density at radius 2 is 1.67 bits per heavy atom. The van der Waals surface area contributed by atoms with Crippen molar-refractivity contribution in [3.63, 3.8) is 0 Å². The predicted octanol–water partition coefficient (Wildman–Crippen LogP) is 3.01. The molecule has 0 saturated heterocycles. The van der Waals surface area contributed by atoms with Gasteiger partial charge in [-0.05, 0) is 47.2 Å². The quantitative estimate of drug-likeness (QED) is 0.637. The summed E-state index contributed by atoms with van der Waals surface area (Å²) >= 11 is 3.37. The van der Waals surface area contributed by atoms with E-state index in [9.17, 15) is 9.59 Å². The van der Waals surface area contributed by atoms with Gasteiger partial charge in [0.2, 0.25) is 0 Å². The number of ether oxygens (including phenoxy) is 1. The van der Waals surface area contributed by atoms with Crippen LogP contribution in [0.5, 0.6) is 0 Å². The number of para-hydroxylation sites is 1. The van der Waals surface area contributed by atoms with Gasteiger partial charge in [0.25, 0.3) is 11.8 Å². The van der Waals surface area contributed by atoms with E-state index in [4.69, 9.17) is 4.74 Å². The zero-order valence-electron chi connectivity index (χ0n) is 15.5. The van der Waals surface area contributed by atoms with Gasteiger partial charge in [0.15, 0.2) is 0 Å². The summed E-state index contributed by atoms with van der Waals surface area (Å²) in [7, 11) is 3.63. The van der Waals surface area contributed by atoms with Crippen LogP contribution in [0.1, 0.15) is 20.7 Å². The molecular weight excluding hydrogens is 410 g/mol. The Kier molecular flexibility index (Phi) is 8.44. The first-order chi connectivity index (χ1) is 13.0. The van der Waals surface area contributed by atoms with Gasteiger partial charge in [-0.15, -0.1) is 0 Å². The van der Waals surface area contributed by atoms with Crippen LogP contribution in [0.3, 0.4) is 0 Å². The summed E-state index contributed by atoms with van der Waals surface area (Å²) in [5.74, 6) is -0.500. The summed E-state index contributed by atoms with van der Waals surface area (Å²) in [4.78, 5) is 27.1. The van der Waals surface area contributed by atoms with Crippen molar-refractivity contribution >= 4 is 33.4 Å². The summed E-state index contributed by atoms with van der Waals surface area (Å²) in [5, 5.41) is 5.71. The topological polar surface area (TPSA) is 70.7 Å². The molecule has 0 heterocycles. The minimum absolute atomic E-state index is 0.224. The molecule has 0 saturated carbocycles. The number of carbonyl (C=O) groups is 2. The van der Waals surface area contributed by atoms with E-state index >= 15 is 0 Å². The molecule has 2 amide bonds. The fourth-order valence-corrected chi connectivity index (χ4v) is 2.90. The van der Waals surface area contributed by atoms with E-state index in [1.54, 1.807) is 49.6 Å². The molecule has 0 radical (unpaired) electrons. The minimum Gasteiger partial charge on any atom is -0.383 e. The molecule has 2 N–H and O–H groups in total. The third-order valence-corrected chi connectivity index (χ3v) is 4.69. The first-order valence-corrected chi connectivity index (χ1v) is 9.43. The summed E-state index contributed by atoms with van der Waals surface area (Å²) in [5.41, 5.74) is 1.41. The molecule has 0 unspecified atom stereocenters. The van der Waals surface area contributed by atoms with Crippen LogP contribution in [0.15, 0.2) is 53.0 Å². The van der Waals surface area contributed by atoms with Crippen molar-refractivity contribution in [2.24, 2.45) is 0 Å². The standard InChI is InChI=1S/C20H24BrN3O3/c1-24(13-14-27-2)12-11-22-19(25)16-8-4-6-10-18(16)23-20(26)15-7-3-5-9-17(15)21/h3-10H,11-14H2,1-2H3,(H,22,25)(H,23,26). The number of rotatable bonds is 9. The van der Waals surface area contributed by atoms with Crippen LogP contribution in [0.2, 0.25) is 0 Å². The Morgan fingerprint density at radius 3 is 2.37 bits per heavy atom. The van der Waals surface area contributed by atoms with E-state index in [1.807, 2.05) is 13.1 Å². The van der Waals surface area contributed by atoms with E-state index in [2.05, 4.69) is 31.5 Å². The van der Waals surface area contributed by atoms with Crippen LogP contribution in [0, 0.1) is 0 Å². The third kappa shape index (κ3) is 6.46. The van der Waals surface area contributed by atoms with Crippen molar-refractivity contribution in [3.8, 4) is 0 Å². The number of amides is 2. The van der Waals surface area contributed by atoms with Gasteiger partial charge in [0.1, 0.15) is 0 Å². The van der Waals surface area contributed by atoms with E-state index in [0.29, 0.717) is 41.0 Å². The molecule has 2 rings (SSSR count). The van der Waals surface area contributed by atoms with Crippen molar-refractivity contribution < 1.29 is 14.3 Å². The van der Waals surface area contributed by atoms with E-state index in [1.165, 1.54) is 0 Å². The molecule has 2 aromatic rings. The van der Waals surface area contributed by atoms with Gasteiger partial charge in [0.05, 0.1) is 23.4 Å². The lowest BCUT2D eigenvalue weighted by atomic mass is 10.1. The number of hydrogen-bond acceptors (Lipinski definition) is 4. The number of hydrogen-bond donors (Lipinski definition) is 2. The summed E-state index contributed by atoms with van der Waals surface area (Å²) in [6.07, 6.45) is 0. The number of halogens is 1. The lowest BCUT2D eigenvalue weighted by molar-refractivity contribution is 0.0948. The van der Waals surface area contributed by atoms with Crippen molar-refractivity contribution in [2.45, 2.75) is 0 Å². The Balaban J connectivity index is 1.99. The molecule has 0 aliphatic rings. The third-order valence-electron chi connectivity index (χ3n) is 3.99. The number of benzene rings is 2. The van der Waals surface area contributed by atoms with Gasteiger partial charge in [-0.3, -0.25) is 9.59 Å². The van der Waals surface area contributed by atoms with Crippen molar-refractivity contribution in [3.05, 3.63) is 64.1 Å². The van der Waals surface area contributed by atoms with Crippen LogP contribution in [-0.2, 0) is 4.74 Å². The summed E-state index contributed by atoms with van der Waals surface area (Å²) < 4.78 is 5.73. The fourth-order valence-electron chi connectivity index (χ4n) is 2.44. The number of likely N-dealkylation sites (N-methyl/N-ethyl adjacent to an activating group) is 1. The average molecular weight is 434 g/mol. The summed E-state index contributed by atoms with van der Waals surface area (Å²) in [6, 6.07) is 14.1. The van der Waals surface area contributed by atoms with Gasteiger partial charge in [0, 0.05) is 31.2 Å². The van der Waals surface area contributed by atoms with Gasteiger partial charge < -0.3 is 20.3 Å². The molecule has 0 atom stereocenters. The summed E-state index contributed by atoms with van der Waals surface area (Å²) in [6.45, 7) is 2.66. The first kappa shape index (κ1) is 21.1.